The Hall–Kier alpha value is -2.40. The predicted molar refractivity (Wildman–Crippen MR) is 87.5 cm³/mol. The third kappa shape index (κ3) is 3.05. The second-order valence-electron chi connectivity index (χ2n) is 5.63. The van der Waals surface area contributed by atoms with E-state index >= 15 is 0 Å². The summed E-state index contributed by atoms with van der Waals surface area (Å²) in [7, 11) is 1.56. The summed E-state index contributed by atoms with van der Waals surface area (Å²) in [6.45, 7) is 3.31. The van der Waals surface area contributed by atoms with Gasteiger partial charge in [0.05, 0.1) is 12.8 Å². The normalized spacial score (nSPS) is 13.3. The van der Waals surface area contributed by atoms with E-state index in [0.29, 0.717) is 29.8 Å². The number of nitrogens with one attached hydrogen (secondary N) is 2. The molecule has 1 heterocycles. The first-order chi connectivity index (χ1) is 11.1. The van der Waals surface area contributed by atoms with Gasteiger partial charge in [-0.1, -0.05) is 12.1 Å². The van der Waals surface area contributed by atoms with Gasteiger partial charge >= 0.3 is 0 Å². The van der Waals surface area contributed by atoms with Crippen molar-refractivity contribution < 1.29 is 13.9 Å². The molecule has 4 nitrogen and oxygen atoms in total. The number of benzene rings is 2. The molecule has 0 bridgehead atoms. The molecule has 0 fully saturated rings. The van der Waals surface area contributed by atoms with Gasteiger partial charge in [0.15, 0.2) is 0 Å². The molecule has 2 aromatic rings. The zero-order valence-electron chi connectivity index (χ0n) is 13.2. The van der Waals surface area contributed by atoms with Crippen LogP contribution in [0.5, 0.6) is 5.75 Å². The van der Waals surface area contributed by atoms with Crippen LogP contribution in [0.25, 0.3) is 0 Å². The summed E-state index contributed by atoms with van der Waals surface area (Å²) >= 11 is 0. The van der Waals surface area contributed by atoms with Gasteiger partial charge in [0.25, 0.3) is 5.91 Å². The maximum absolute atomic E-state index is 14.6. The van der Waals surface area contributed by atoms with Crippen molar-refractivity contribution in [3.05, 3.63) is 58.4 Å². The number of rotatable bonds is 3. The summed E-state index contributed by atoms with van der Waals surface area (Å²) in [5, 5.41) is 5.86. The third-order valence-electron chi connectivity index (χ3n) is 4.13. The van der Waals surface area contributed by atoms with Crippen LogP contribution >= 0.6 is 0 Å². The molecule has 120 valence electrons. The number of anilines is 1. The number of methoxy groups -OCH3 is 1. The summed E-state index contributed by atoms with van der Waals surface area (Å²) in [5.41, 5.74) is 3.23. The minimum Gasteiger partial charge on any atom is -0.496 e. The molecule has 2 aromatic carbocycles. The average molecular weight is 314 g/mol. The second-order valence-corrected chi connectivity index (χ2v) is 5.63. The van der Waals surface area contributed by atoms with Gasteiger partial charge in [0, 0.05) is 12.1 Å². The van der Waals surface area contributed by atoms with E-state index in [2.05, 4.69) is 10.6 Å². The minimum atomic E-state index is -0.351. The van der Waals surface area contributed by atoms with Gasteiger partial charge in [-0.25, -0.2) is 4.39 Å². The highest BCUT2D eigenvalue weighted by Gasteiger charge is 2.18. The van der Waals surface area contributed by atoms with Gasteiger partial charge < -0.3 is 15.4 Å². The number of hydrogen-bond acceptors (Lipinski definition) is 3. The van der Waals surface area contributed by atoms with Gasteiger partial charge in [-0.15, -0.1) is 0 Å². The lowest BCUT2D eigenvalue weighted by Gasteiger charge is -2.19. The Bertz CT molecular complexity index is 759. The molecule has 2 N–H and O–H groups in total. The van der Waals surface area contributed by atoms with E-state index in [1.54, 1.807) is 25.3 Å². The fourth-order valence-corrected chi connectivity index (χ4v) is 2.79. The van der Waals surface area contributed by atoms with Crippen molar-refractivity contribution in [1.82, 2.24) is 5.32 Å². The molecule has 0 saturated heterocycles. The van der Waals surface area contributed by atoms with Gasteiger partial charge in [0.2, 0.25) is 0 Å². The SMILES string of the molecule is COc1cc(C(=O)Nc2ccc3c(c2F)CCNC3)ccc1C. The number of amides is 1. The topological polar surface area (TPSA) is 50.4 Å². The quantitative estimate of drug-likeness (QED) is 0.915. The highest BCUT2D eigenvalue weighted by molar-refractivity contribution is 6.04. The van der Waals surface area contributed by atoms with E-state index in [9.17, 15) is 9.18 Å². The molecule has 0 aliphatic carbocycles. The highest BCUT2D eigenvalue weighted by Crippen LogP contribution is 2.25. The predicted octanol–water partition coefficient (Wildman–Crippen LogP) is 3.04. The van der Waals surface area contributed by atoms with Crippen molar-refractivity contribution in [2.24, 2.45) is 0 Å². The largest absolute Gasteiger partial charge is 0.496 e. The van der Waals surface area contributed by atoms with Crippen molar-refractivity contribution in [3.8, 4) is 5.75 Å². The number of hydrogen-bond donors (Lipinski definition) is 2. The first kappa shape index (κ1) is 15.5. The van der Waals surface area contributed by atoms with E-state index in [4.69, 9.17) is 4.74 Å². The summed E-state index contributed by atoms with van der Waals surface area (Å²) in [6.07, 6.45) is 0.628. The number of aryl methyl sites for hydroxylation is 1. The smallest absolute Gasteiger partial charge is 0.255 e. The molecule has 0 radical (unpaired) electrons. The molecule has 1 aliphatic rings. The Kier molecular flexibility index (Phi) is 4.30. The monoisotopic (exact) mass is 314 g/mol. The molecule has 0 unspecified atom stereocenters. The van der Waals surface area contributed by atoms with Crippen molar-refractivity contribution in [1.29, 1.82) is 0 Å². The Morgan fingerprint density at radius 3 is 2.91 bits per heavy atom. The zero-order chi connectivity index (χ0) is 16.4. The van der Waals surface area contributed by atoms with Crippen LogP contribution in [0, 0.1) is 12.7 Å². The van der Waals surface area contributed by atoms with Crippen LogP contribution in [0.3, 0.4) is 0 Å². The molecule has 1 aliphatic heterocycles. The van der Waals surface area contributed by atoms with E-state index in [-0.39, 0.29) is 17.4 Å². The Labute approximate surface area is 134 Å². The van der Waals surface area contributed by atoms with E-state index in [0.717, 1.165) is 17.7 Å². The maximum atomic E-state index is 14.6. The van der Waals surface area contributed by atoms with E-state index in [1.165, 1.54) is 0 Å². The molecular weight excluding hydrogens is 295 g/mol. The van der Waals surface area contributed by atoms with Crippen LogP contribution in [-0.4, -0.2) is 19.6 Å². The lowest BCUT2D eigenvalue weighted by atomic mass is 9.99. The maximum Gasteiger partial charge on any atom is 0.255 e. The van der Waals surface area contributed by atoms with Crippen molar-refractivity contribution in [2.45, 2.75) is 19.9 Å². The van der Waals surface area contributed by atoms with E-state index < -0.39 is 0 Å². The van der Waals surface area contributed by atoms with Crippen LogP contribution in [0.1, 0.15) is 27.0 Å². The second kappa shape index (κ2) is 6.38. The van der Waals surface area contributed by atoms with Crippen LogP contribution in [0.15, 0.2) is 30.3 Å². The highest BCUT2D eigenvalue weighted by atomic mass is 19.1. The first-order valence-electron chi connectivity index (χ1n) is 7.57. The molecular formula is C18H19FN2O2. The van der Waals surface area contributed by atoms with Gasteiger partial charge in [-0.3, -0.25) is 4.79 Å². The van der Waals surface area contributed by atoms with Crippen molar-refractivity contribution in [2.75, 3.05) is 19.0 Å². The van der Waals surface area contributed by atoms with Gasteiger partial charge in [-0.2, -0.15) is 0 Å². The third-order valence-corrected chi connectivity index (χ3v) is 4.13. The fourth-order valence-electron chi connectivity index (χ4n) is 2.79. The Morgan fingerprint density at radius 1 is 1.30 bits per heavy atom. The number of carbonyl (C=O) groups is 1. The molecule has 0 saturated carbocycles. The standard InChI is InChI=1S/C18H19FN2O2/c1-11-3-4-12(9-16(11)23-2)18(22)21-15-6-5-13-10-20-8-7-14(13)17(15)19/h3-6,9,20H,7-8,10H2,1-2H3,(H,21,22). The van der Waals surface area contributed by atoms with Crippen LogP contribution in [-0.2, 0) is 13.0 Å². The van der Waals surface area contributed by atoms with E-state index in [1.807, 2.05) is 19.1 Å². The molecule has 5 heteroatoms. The number of fused-ring (bicyclic) bond motifs is 1. The fraction of sp³-hybridized carbons (Fsp3) is 0.278. The summed E-state index contributed by atoms with van der Waals surface area (Å²) in [5.74, 6) is -0.0536. The minimum absolute atomic E-state index is 0.218. The van der Waals surface area contributed by atoms with Crippen molar-refractivity contribution in [3.63, 3.8) is 0 Å². The van der Waals surface area contributed by atoms with Gasteiger partial charge in [0.1, 0.15) is 11.6 Å². The summed E-state index contributed by atoms with van der Waals surface area (Å²) < 4.78 is 19.8. The average Bonchev–Trinajstić information content (AvgIpc) is 2.58. The lowest BCUT2D eigenvalue weighted by Crippen LogP contribution is -2.25. The Morgan fingerprint density at radius 2 is 2.13 bits per heavy atom. The number of carbonyl (C=O) groups excluding carboxylic acids is 1. The number of halogens is 1. The van der Waals surface area contributed by atoms with Crippen LogP contribution in [0.2, 0.25) is 0 Å². The van der Waals surface area contributed by atoms with Crippen LogP contribution in [0.4, 0.5) is 10.1 Å². The lowest BCUT2D eigenvalue weighted by molar-refractivity contribution is 0.102. The molecule has 0 spiro atoms. The number of ether oxygens (including phenoxy) is 1. The Balaban J connectivity index is 1.86. The summed E-state index contributed by atoms with van der Waals surface area (Å²) in [6, 6.07) is 8.64. The molecule has 0 aromatic heterocycles. The zero-order valence-corrected chi connectivity index (χ0v) is 13.2. The summed E-state index contributed by atoms with van der Waals surface area (Å²) in [4.78, 5) is 12.4. The molecule has 3 rings (SSSR count). The van der Waals surface area contributed by atoms with Crippen LogP contribution < -0.4 is 15.4 Å². The molecule has 1 amide bonds. The van der Waals surface area contributed by atoms with Crippen molar-refractivity contribution >= 4 is 11.6 Å². The molecule has 0 atom stereocenters. The van der Waals surface area contributed by atoms with Gasteiger partial charge in [-0.05, 0) is 54.8 Å². The first-order valence-corrected chi connectivity index (χ1v) is 7.57. The molecule has 23 heavy (non-hydrogen) atoms.